The van der Waals surface area contributed by atoms with Crippen LogP contribution in [0.2, 0.25) is 0 Å². The smallest absolute Gasteiger partial charge is 0.328 e. The number of rotatable bonds is 17. The molecular weight excluding hydrogens is 466 g/mol. The van der Waals surface area contributed by atoms with Crippen LogP contribution in [0.1, 0.15) is 39.5 Å². The molecule has 0 spiro atoms. The number of nitrogens with two attached hydrogens (primary N) is 3. The standard InChI is InChI=1S/C20H39N7O6S/c1-4-11(2)15(18(31)26-14(10-28)19(32)33)27-17(30)13(7-9-34-3)25-16(29)12(21)6-5-8-24-20(22)23/h11-15,28H,4-10,21H2,1-3H3,(H,25,29)(H,26,31)(H,27,30)(H,32,33)(H4,22,23,24). The van der Waals surface area contributed by atoms with Crippen molar-refractivity contribution in [2.75, 3.05) is 25.2 Å². The highest BCUT2D eigenvalue weighted by Gasteiger charge is 2.32. The number of hydrogen-bond donors (Lipinski definition) is 8. The highest BCUT2D eigenvalue weighted by molar-refractivity contribution is 7.98. The third-order valence-corrected chi connectivity index (χ3v) is 5.78. The highest BCUT2D eigenvalue weighted by Crippen LogP contribution is 2.10. The monoisotopic (exact) mass is 505 g/mol. The molecule has 0 radical (unpaired) electrons. The second-order valence-corrected chi connectivity index (χ2v) is 8.84. The molecule has 0 aromatic carbocycles. The SMILES string of the molecule is CCC(C)C(NC(=O)C(CCSC)NC(=O)C(N)CCCN=C(N)N)C(=O)NC(CO)C(=O)O. The zero-order valence-corrected chi connectivity index (χ0v) is 20.8. The van der Waals surface area contributed by atoms with Gasteiger partial charge in [0.2, 0.25) is 17.7 Å². The first-order valence-corrected chi connectivity index (χ1v) is 12.4. The van der Waals surface area contributed by atoms with Crippen molar-refractivity contribution in [1.29, 1.82) is 0 Å². The second-order valence-electron chi connectivity index (χ2n) is 7.85. The van der Waals surface area contributed by atoms with Gasteiger partial charge in [-0.3, -0.25) is 19.4 Å². The minimum atomic E-state index is -1.50. The number of aliphatic hydroxyl groups is 1. The minimum absolute atomic E-state index is 0.0552. The van der Waals surface area contributed by atoms with Gasteiger partial charge in [0.25, 0.3) is 0 Å². The van der Waals surface area contributed by atoms with Crippen molar-refractivity contribution in [3.63, 3.8) is 0 Å². The summed E-state index contributed by atoms with van der Waals surface area (Å²) in [4.78, 5) is 53.2. The lowest BCUT2D eigenvalue weighted by molar-refractivity contribution is -0.143. The lowest BCUT2D eigenvalue weighted by Crippen LogP contribution is -2.59. The lowest BCUT2D eigenvalue weighted by atomic mass is 9.97. The number of carbonyl (C=O) groups is 4. The van der Waals surface area contributed by atoms with E-state index < -0.39 is 54.5 Å². The molecule has 14 heteroatoms. The number of aliphatic hydroxyl groups excluding tert-OH is 1. The average Bonchev–Trinajstić information content (AvgIpc) is 2.79. The van der Waals surface area contributed by atoms with Crippen LogP contribution < -0.4 is 33.2 Å². The fourth-order valence-electron chi connectivity index (χ4n) is 2.84. The van der Waals surface area contributed by atoms with Crippen LogP contribution in [0.3, 0.4) is 0 Å². The van der Waals surface area contributed by atoms with Gasteiger partial charge in [-0.25, -0.2) is 4.79 Å². The molecule has 0 heterocycles. The summed E-state index contributed by atoms with van der Waals surface area (Å²) in [5.74, 6) is -3.09. The maximum Gasteiger partial charge on any atom is 0.328 e. The van der Waals surface area contributed by atoms with Crippen molar-refractivity contribution in [3.8, 4) is 0 Å². The first-order chi connectivity index (χ1) is 16.0. The van der Waals surface area contributed by atoms with Crippen LogP contribution in [0.4, 0.5) is 0 Å². The Kier molecular flexibility index (Phi) is 15.7. The number of nitrogens with zero attached hydrogens (tertiary/aromatic N) is 1. The number of carbonyl (C=O) groups excluding carboxylic acids is 3. The first kappa shape index (κ1) is 31.4. The maximum absolute atomic E-state index is 13.0. The van der Waals surface area contributed by atoms with E-state index >= 15 is 0 Å². The summed E-state index contributed by atoms with van der Waals surface area (Å²) < 4.78 is 0. The Morgan fingerprint density at radius 1 is 1.00 bits per heavy atom. The van der Waals surface area contributed by atoms with Crippen LogP contribution in [-0.4, -0.2) is 89.2 Å². The predicted octanol–water partition coefficient (Wildman–Crippen LogP) is -2.30. The van der Waals surface area contributed by atoms with Gasteiger partial charge in [0.15, 0.2) is 5.96 Å². The van der Waals surface area contributed by atoms with Crippen LogP contribution in [-0.2, 0) is 19.2 Å². The van der Waals surface area contributed by atoms with Crippen LogP contribution >= 0.6 is 11.8 Å². The number of guanidine groups is 1. The molecular formula is C20H39N7O6S. The predicted molar refractivity (Wildman–Crippen MR) is 131 cm³/mol. The molecule has 0 fully saturated rings. The van der Waals surface area contributed by atoms with Crippen molar-refractivity contribution in [3.05, 3.63) is 0 Å². The Hall–Kier alpha value is -2.58. The van der Waals surface area contributed by atoms with Gasteiger partial charge in [-0.15, -0.1) is 0 Å². The Morgan fingerprint density at radius 2 is 1.62 bits per heavy atom. The number of carboxylic acids is 1. The third kappa shape index (κ3) is 12.0. The summed E-state index contributed by atoms with van der Waals surface area (Å²) >= 11 is 1.48. The normalized spacial score (nSPS) is 15.2. The van der Waals surface area contributed by atoms with Gasteiger partial charge in [-0.2, -0.15) is 11.8 Å². The Labute approximate surface area is 204 Å². The van der Waals surface area contributed by atoms with Gasteiger partial charge in [0.05, 0.1) is 12.6 Å². The van der Waals surface area contributed by atoms with Gasteiger partial charge in [0.1, 0.15) is 18.1 Å². The molecule has 5 atom stereocenters. The van der Waals surface area contributed by atoms with E-state index in [1.807, 2.05) is 13.2 Å². The summed E-state index contributed by atoms with van der Waals surface area (Å²) in [5.41, 5.74) is 16.4. The Morgan fingerprint density at radius 3 is 2.12 bits per heavy atom. The molecule has 196 valence electrons. The molecule has 0 aliphatic heterocycles. The van der Waals surface area contributed by atoms with Crippen LogP contribution in [0.5, 0.6) is 0 Å². The van der Waals surface area contributed by atoms with Crippen LogP contribution in [0.25, 0.3) is 0 Å². The van der Waals surface area contributed by atoms with E-state index in [9.17, 15) is 24.3 Å². The van der Waals surface area contributed by atoms with Crippen molar-refractivity contribution >= 4 is 41.4 Å². The molecule has 11 N–H and O–H groups in total. The quantitative estimate of drug-likeness (QED) is 0.0597. The Balaban J connectivity index is 5.31. The number of aliphatic carboxylic acids is 1. The van der Waals surface area contributed by atoms with E-state index in [4.69, 9.17) is 22.3 Å². The molecule has 34 heavy (non-hydrogen) atoms. The maximum atomic E-state index is 13.0. The van der Waals surface area contributed by atoms with Gasteiger partial charge >= 0.3 is 5.97 Å². The summed E-state index contributed by atoms with van der Waals surface area (Å²) in [6.45, 7) is 3.06. The molecule has 0 rings (SSSR count). The van der Waals surface area contributed by atoms with Crippen molar-refractivity contribution in [1.82, 2.24) is 16.0 Å². The average molecular weight is 506 g/mol. The molecule has 3 amide bonds. The van der Waals surface area contributed by atoms with E-state index in [-0.39, 0.29) is 11.9 Å². The molecule has 0 aromatic heterocycles. The highest BCUT2D eigenvalue weighted by atomic mass is 32.2. The lowest BCUT2D eigenvalue weighted by Gasteiger charge is -2.27. The van der Waals surface area contributed by atoms with Crippen LogP contribution in [0.15, 0.2) is 4.99 Å². The topological polar surface area (TPSA) is 235 Å². The number of hydrogen-bond acceptors (Lipinski definition) is 8. The van der Waals surface area contributed by atoms with Crippen LogP contribution in [0, 0.1) is 5.92 Å². The summed E-state index contributed by atoms with van der Waals surface area (Å²) in [7, 11) is 0. The zero-order chi connectivity index (χ0) is 26.3. The van der Waals surface area contributed by atoms with Gasteiger partial charge in [0, 0.05) is 6.54 Å². The van der Waals surface area contributed by atoms with E-state index in [2.05, 4.69) is 20.9 Å². The summed E-state index contributed by atoms with van der Waals surface area (Å²) in [6, 6.07) is -4.39. The molecule has 0 saturated heterocycles. The van der Waals surface area contributed by atoms with E-state index in [1.54, 1.807) is 6.92 Å². The molecule has 0 aliphatic carbocycles. The molecule has 0 bridgehead atoms. The Bertz CT molecular complexity index is 705. The number of nitrogens with one attached hydrogen (secondary N) is 3. The van der Waals surface area contributed by atoms with Crippen molar-refractivity contribution in [2.45, 2.75) is 63.7 Å². The molecule has 0 aliphatic rings. The van der Waals surface area contributed by atoms with E-state index in [1.165, 1.54) is 11.8 Å². The number of carboxylic acid groups (broad SMARTS) is 1. The largest absolute Gasteiger partial charge is 0.480 e. The molecule has 0 saturated carbocycles. The molecule has 5 unspecified atom stereocenters. The van der Waals surface area contributed by atoms with Crippen molar-refractivity contribution < 1.29 is 29.4 Å². The molecule has 13 nitrogen and oxygen atoms in total. The number of aliphatic imine (C=N–C) groups is 1. The summed E-state index contributed by atoms with van der Waals surface area (Å²) in [5, 5.41) is 25.7. The number of amides is 3. The van der Waals surface area contributed by atoms with Crippen molar-refractivity contribution in [2.24, 2.45) is 28.1 Å². The van der Waals surface area contributed by atoms with E-state index in [0.717, 1.165) is 0 Å². The second kappa shape index (κ2) is 16.9. The fraction of sp³-hybridized carbons (Fsp3) is 0.750. The van der Waals surface area contributed by atoms with Gasteiger partial charge in [-0.05, 0) is 37.2 Å². The van der Waals surface area contributed by atoms with Gasteiger partial charge < -0.3 is 43.4 Å². The third-order valence-electron chi connectivity index (χ3n) is 5.14. The van der Waals surface area contributed by atoms with Gasteiger partial charge in [-0.1, -0.05) is 20.3 Å². The fourth-order valence-corrected chi connectivity index (χ4v) is 3.31. The number of thioether (sulfide) groups is 1. The molecule has 0 aromatic rings. The summed E-state index contributed by atoms with van der Waals surface area (Å²) in [6.07, 6.45) is 3.43. The van der Waals surface area contributed by atoms with E-state index in [0.29, 0.717) is 38.0 Å². The first-order valence-electron chi connectivity index (χ1n) is 11.0. The zero-order valence-electron chi connectivity index (χ0n) is 20.0. The minimum Gasteiger partial charge on any atom is -0.480 e.